The number of aryl methyl sites for hydroxylation is 1. The molecule has 0 unspecified atom stereocenters. The van der Waals surface area contributed by atoms with Crippen molar-refractivity contribution in [2.75, 3.05) is 5.73 Å². The van der Waals surface area contributed by atoms with Crippen molar-refractivity contribution >= 4 is 22.0 Å². The molecule has 0 amide bonds. The summed E-state index contributed by atoms with van der Waals surface area (Å²) in [4.78, 5) is 0.694. The van der Waals surface area contributed by atoms with Crippen molar-refractivity contribution in [3.8, 4) is 16.3 Å². The van der Waals surface area contributed by atoms with Gasteiger partial charge in [0.05, 0.1) is 11.3 Å². The molecule has 3 rings (SSSR count). The Morgan fingerprint density at radius 1 is 1.35 bits per heavy atom. The lowest BCUT2D eigenvalue weighted by atomic mass is 10.2. The highest BCUT2D eigenvalue weighted by Gasteiger charge is 2.14. The summed E-state index contributed by atoms with van der Waals surface area (Å²) >= 11 is 1.36. The van der Waals surface area contributed by atoms with Crippen molar-refractivity contribution in [3.05, 3.63) is 24.0 Å². The van der Waals surface area contributed by atoms with Crippen LogP contribution in [-0.2, 0) is 0 Å². The van der Waals surface area contributed by atoms with Crippen LogP contribution in [0.2, 0.25) is 0 Å². The monoisotopic (exact) mass is 247 g/mol. The summed E-state index contributed by atoms with van der Waals surface area (Å²) in [5, 5.41) is 22.8. The molecule has 86 valence electrons. The molecule has 0 atom stereocenters. The molecule has 0 aliphatic carbocycles. The summed E-state index contributed by atoms with van der Waals surface area (Å²) < 4.78 is 1.64. The van der Waals surface area contributed by atoms with Gasteiger partial charge in [-0.05, 0) is 19.1 Å². The Balaban J connectivity index is 2.23. The van der Waals surface area contributed by atoms with Gasteiger partial charge in [-0.15, -0.1) is 10.2 Å². The van der Waals surface area contributed by atoms with Gasteiger partial charge in [0.1, 0.15) is 5.75 Å². The number of phenolic OH excluding ortho intramolecular Hbond substituents is 1. The number of rotatable bonds is 1. The number of hydrogen-bond donors (Lipinski definition) is 2. The summed E-state index contributed by atoms with van der Waals surface area (Å²) in [5.74, 6) is 0.765. The zero-order valence-electron chi connectivity index (χ0n) is 8.95. The van der Waals surface area contributed by atoms with Crippen molar-refractivity contribution in [2.24, 2.45) is 0 Å². The minimum atomic E-state index is 0.0510. The second-order valence-electron chi connectivity index (χ2n) is 3.59. The van der Waals surface area contributed by atoms with Crippen LogP contribution in [0.15, 0.2) is 18.2 Å². The Kier molecular flexibility index (Phi) is 2.02. The van der Waals surface area contributed by atoms with E-state index in [9.17, 15) is 5.11 Å². The number of nitrogens with zero attached hydrogens (tertiary/aromatic N) is 4. The smallest absolute Gasteiger partial charge is 0.234 e. The number of nitrogens with two attached hydrogens (primary N) is 1. The van der Waals surface area contributed by atoms with Gasteiger partial charge in [-0.25, -0.2) is 0 Å². The van der Waals surface area contributed by atoms with Crippen molar-refractivity contribution < 1.29 is 5.11 Å². The zero-order valence-corrected chi connectivity index (χ0v) is 9.77. The molecule has 0 saturated heterocycles. The van der Waals surface area contributed by atoms with E-state index < -0.39 is 0 Å². The van der Waals surface area contributed by atoms with E-state index >= 15 is 0 Å². The molecule has 0 spiro atoms. The summed E-state index contributed by atoms with van der Waals surface area (Å²) in [7, 11) is 0. The first-order chi connectivity index (χ1) is 8.16. The maximum Gasteiger partial charge on any atom is 0.234 e. The fourth-order valence-electron chi connectivity index (χ4n) is 1.56. The quantitative estimate of drug-likeness (QED) is 0.502. The van der Waals surface area contributed by atoms with Crippen molar-refractivity contribution in [1.29, 1.82) is 0 Å². The van der Waals surface area contributed by atoms with E-state index in [2.05, 4.69) is 15.3 Å². The normalized spacial score (nSPS) is 11.1. The van der Waals surface area contributed by atoms with Gasteiger partial charge in [-0.1, -0.05) is 17.4 Å². The van der Waals surface area contributed by atoms with E-state index in [1.807, 2.05) is 6.92 Å². The largest absolute Gasteiger partial charge is 0.505 e. The van der Waals surface area contributed by atoms with Gasteiger partial charge in [0, 0.05) is 0 Å². The molecular weight excluding hydrogens is 238 g/mol. The molecule has 7 heteroatoms. The minimum Gasteiger partial charge on any atom is -0.505 e. The second-order valence-corrected chi connectivity index (χ2v) is 4.55. The topological polar surface area (TPSA) is 89.3 Å². The summed E-state index contributed by atoms with van der Waals surface area (Å²) in [6.07, 6.45) is 0. The van der Waals surface area contributed by atoms with Crippen LogP contribution in [0.5, 0.6) is 5.75 Å². The van der Waals surface area contributed by atoms with E-state index in [1.54, 1.807) is 22.7 Å². The Hall–Kier alpha value is -2.15. The average Bonchev–Trinajstić information content (AvgIpc) is 2.85. The molecule has 3 N–H and O–H groups in total. The standard InChI is InChI=1S/C10H9N5OS/c1-5-12-13-10-15(5)14-9(17-10)6-3-2-4-7(11)8(6)16/h2-4,16H,11H2,1H3. The van der Waals surface area contributed by atoms with Crippen LogP contribution in [0.3, 0.4) is 0 Å². The number of para-hydroxylation sites is 1. The molecule has 0 aliphatic rings. The Morgan fingerprint density at radius 2 is 2.18 bits per heavy atom. The Bertz CT molecular complexity index is 702. The van der Waals surface area contributed by atoms with Crippen molar-refractivity contribution in [3.63, 3.8) is 0 Å². The number of nitrogen functional groups attached to an aromatic ring is 1. The molecule has 17 heavy (non-hydrogen) atoms. The maximum absolute atomic E-state index is 9.88. The predicted octanol–water partition coefficient (Wildman–Crippen LogP) is 1.45. The second kappa shape index (κ2) is 3.42. The van der Waals surface area contributed by atoms with Gasteiger partial charge in [0.2, 0.25) is 4.96 Å². The minimum absolute atomic E-state index is 0.0510. The zero-order chi connectivity index (χ0) is 12.0. The van der Waals surface area contributed by atoms with Crippen LogP contribution < -0.4 is 5.73 Å². The van der Waals surface area contributed by atoms with E-state index in [0.717, 1.165) is 0 Å². The highest BCUT2D eigenvalue weighted by atomic mass is 32.1. The highest BCUT2D eigenvalue weighted by molar-refractivity contribution is 7.19. The molecule has 0 aliphatic heterocycles. The average molecular weight is 247 g/mol. The molecule has 2 aromatic heterocycles. The Morgan fingerprint density at radius 3 is 2.94 bits per heavy atom. The molecule has 0 saturated carbocycles. The van der Waals surface area contributed by atoms with Gasteiger partial charge >= 0.3 is 0 Å². The van der Waals surface area contributed by atoms with Gasteiger partial charge < -0.3 is 10.8 Å². The number of anilines is 1. The number of fused-ring (bicyclic) bond motifs is 1. The van der Waals surface area contributed by atoms with Gasteiger partial charge in [0.15, 0.2) is 10.8 Å². The first kappa shape index (κ1) is 10.0. The number of aromatic hydroxyl groups is 1. The van der Waals surface area contributed by atoms with Crippen LogP contribution in [0.4, 0.5) is 5.69 Å². The first-order valence-corrected chi connectivity index (χ1v) is 5.75. The lowest BCUT2D eigenvalue weighted by Crippen LogP contribution is -1.90. The molecule has 2 heterocycles. The molecule has 0 radical (unpaired) electrons. The van der Waals surface area contributed by atoms with E-state index in [0.29, 0.717) is 27.0 Å². The molecule has 0 fully saturated rings. The number of hydrogen-bond acceptors (Lipinski definition) is 6. The number of benzene rings is 1. The fraction of sp³-hybridized carbons (Fsp3) is 0.100. The predicted molar refractivity (Wildman–Crippen MR) is 64.9 cm³/mol. The van der Waals surface area contributed by atoms with Crippen molar-refractivity contribution in [2.45, 2.75) is 6.92 Å². The third kappa shape index (κ3) is 1.43. The third-order valence-electron chi connectivity index (χ3n) is 2.44. The number of phenols is 1. The first-order valence-electron chi connectivity index (χ1n) is 4.93. The molecule has 3 aromatic rings. The van der Waals surface area contributed by atoms with Gasteiger partial charge in [0.25, 0.3) is 0 Å². The van der Waals surface area contributed by atoms with Crippen molar-refractivity contribution in [1.82, 2.24) is 19.8 Å². The summed E-state index contributed by atoms with van der Waals surface area (Å²) in [6.45, 7) is 1.82. The van der Waals surface area contributed by atoms with Crippen LogP contribution >= 0.6 is 11.3 Å². The molecule has 6 nitrogen and oxygen atoms in total. The molecule has 0 bridgehead atoms. The molecule has 1 aromatic carbocycles. The van der Waals surface area contributed by atoms with Crippen LogP contribution in [0.1, 0.15) is 5.82 Å². The number of aromatic nitrogens is 4. The van der Waals surface area contributed by atoms with Crippen LogP contribution in [-0.4, -0.2) is 24.9 Å². The van der Waals surface area contributed by atoms with Crippen LogP contribution in [0.25, 0.3) is 15.5 Å². The van der Waals surface area contributed by atoms with Crippen LogP contribution in [0, 0.1) is 6.92 Å². The van der Waals surface area contributed by atoms with Gasteiger partial charge in [-0.2, -0.15) is 9.61 Å². The maximum atomic E-state index is 9.88. The SMILES string of the molecule is Cc1nnc2sc(-c3cccc(N)c3O)nn12. The molecular formula is C10H9N5OS. The lowest BCUT2D eigenvalue weighted by molar-refractivity contribution is 0.480. The van der Waals surface area contributed by atoms with Gasteiger partial charge in [-0.3, -0.25) is 0 Å². The highest BCUT2D eigenvalue weighted by Crippen LogP contribution is 2.35. The fourth-order valence-corrected chi connectivity index (χ4v) is 2.47. The van der Waals surface area contributed by atoms with E-state index in [4.69, 9.17) is 5.73 Å². The van der Waals surface area contributed by atoms with E-state index in [1.165, 1.54) is 11.3 Å². The summed E-state index contributed by atoms with van der Waals surface area (Å²) in [6, 6.07) is 5.19. The Labute approximate surface area is 100 Å². The summed E-state index contributed by atoms with van der Waals surface area (Å²) in [5.41, 5.74) is 6.60. The third-order valence-corrected chi connectivity index (χ3v) is 3.38. The lowest BCUT2D eigenvalue weighted by Gasteiger charge is -2.02. The van der Waals surface area contributed by atoms with E-state index in [-0.39, 0.29) is 5.75 Å².